The Hall–Kier alpha value is -2.22. The van der Waals surface area contributed by atoms with Crippen molar-refractivity contribution in [3.8, 4) is 5.88 Å². The van der Waals surface area contributed by atoms with Crippen LogP contribution in [-0.4, -0.2) is 48.2 Å². The zero-order valence-electron chi connectivity index (χ0n) is 14.3. The van der Waals surface area contributed by atoms with Crippen molar-refractivity contribution in [3.05, 3.63) is 41.9 Å². The van der Waals surface area contributed by atoms with Gasteiger partial charge in [0.15, 0.2) is 0 Å². The van der Waals surface area contributed by atoms with Crippen LogP contribution in [0.3, 0.4) is 0 Å². The lowest BCUT2D eigenvalue weighted by molar-refractivity contribution is 0.0665. The molecule has 26 heavy (non-hydrogen) atoms. The van der Waals surface area contributed by atoms with Crippen LogP contribution in [0, 0.1) is 5.82 Å². The summed E-state index contributed by atoms with van der Waals surface area (Å²) in [7, 11) is 0. The van der Waals surface area contributed by atoms with E-state index in [1.807, 2.05) is 23.9 Å². The SMILES string of the molecule is Fc1cc(C2=NOC(CCOc3ccon3)C2)ccc1N1CCSCC1. The van der Waals surface area contributed by atoms with Crippen LogP contribution in [0.1, 0.15) is 18.4 Å². The van der Waals surface area contributed by atoms with E-state index in [4.69, 9.17) is 14.1 Å². The second-order valence-corrected chi connectivity index (χ2v) is 7.43. The molecule has 1 atom stereocenters. The van der Waals surface area contributed by atoms with Crippen molar-refractivity contribution < 1.29 is 18.5 Å². The molecule has 138 valence electrons. The minimum absolute atomic E-state index is 0.0706. The first kappa shape index (κ1) is 17.2. The van der Waals surface area contributed by atoms with E-state index in [-0.39, 0.29) is 11.9 Å². The number of nitrogens with zero attached hydrogens (tertiary/aromatic N) is 3. The molecule has 3 heterocycles. The zero-order valence-corrected chi connectivity index (χ0v) is 15.1. The second kappa shape index (κ2) is 7.99. The van der Waals surface area contributed by atoms with Gasteiger partial charge in [-0.05, 0) is 17.3 Å². The van der Waals surface area contributed by atoms with Gasteiger partial charge in [0.05, 0.1) is 18.0 Å². The van der Waals surface area contributed by atoms with Crippen LogP contribution in [0.4, 0.5) is 10.1 Å². The number of oxime groups is 1. The first-order chi connectivity index (χ1) is 12.8. The van der Waals surface area contributed by atoms with Gasteiger partial charge in [-0.3, -0.25) is 0 Å². The Morgan fingerprint density at radius 2 is 2.15 bits per heavy atom. The van der Waals surface area contributed by atoms with Crippen LogP contribution in [0.2, 0.25) is 0 Å². The summed E-state index contributed by atoms with van der Waals surface area (Å²) in [6.07, 6.45) is 2.70. The molecule has 1 aromatic carbocycles. The third kappa shape index (κ3) is 3.95. The maximum absolute atomic E-state index is 14.6. The van der Waals surface area contributed by atoms with Crippen molar-refractivity contribution >= 4 is 23.2 Å². The first-order valence-electron chi connectivity index (χ1n) is 8.68. The summed E-state index contributed by atoms with van der Waals surface area (Å²) in [4.78, 5) is 7.56. The number of halogens is 1. The van der Waals surface area contributed by atoms with Crippen molar-refractivity contribution in [1.82, 2.24) is 5.16 Å². The molecule has 2 aliphatic rings. The van der Waals surface area contributed by atoms with E-state index < -0.39 is 0 Å². The molecular formula is C18H20FN3O3S. The number of aromatic nitrogens is 1. The van der Waals surface area contributed by atoms with Gasteiger partial charge in [0.1, 0.15) is 18.2 Å². The summed E-state index contributed by atoms with van der Waals surface area (Å²) in [5.41, 5.74) is 2.22. The fourth-order valence-electron chi connectivity index (χ4n) is 3.07. The normalized spacial score (nSPS) is 20.0. The molecule has 0 spiro atoms. The van der Waals surface area contributed by atoms with E-state index in [1.165, 1.54) is 6.26 Å². The molecule has 2 aromatic rings. The number of ether oxygens (including phenoxy) is 1. The number of hydrogen-bond acceptors (Lipinski definition) is 7. The fourth-order valence-corrected chi connectivity index (χ4v) is 3.97. The third-order valence-corrected chi connectivity index (χ3v) is 5.41. The lowest BCUT2D eigenvalue weighted by atomic mass is 10.0. The molecule has 1 saturated heterocycles. The van der Waals surface area contributed by atoms with Crippen LogP contribution in [0.25, 0.3) is 0 Å². The maximum Gasteiger partial charge on any atom is 0.253 e. The lowest BCUT2D eigenvalue weighted by Gasteiger charge is -2.28. The summed E-state index contributed by atoms with van der Waals surface area (Å²) in [5, 5.41) is 7.82. The van der Waals surface area contributed by atoms with E-state index in [9.17, 15) is 4.39 Å². The molecule has 0 amide bonds. The minimum atomic E-state index is -0.199. The highest BCUT2D eigenvalue weighted by Crippen LogP contribution is 2.26. The zero-order chi connectivity index (χ0) is 17.8. The van der Waals surface area contributed by atoms with Crippen molar-refractivity contribution in [2.45, 2.75) is 18.9 Å². The van der Waals surface area contributed by atoms with Crippen LogP contribution < -0.4 is 9.64 Å². The topological polar surface area (TPSA) is 60.1 Å². The number of thioether (sulfide) groups is 1. The van der Waals surface area contributed by atoms with E-state index in [2.05, 4.69) is 15.2 Å². The summed E-state index contributed by atoms with van der Waals surface area (Å²) in [6.45, 7) is 2.23. The Bertz CT molecular complexity index is 763. The van der Waals surface area contributed by atoms with E-state index in [1.54, 1.807) is 12.1 Å². The minimum Gasteiger partial charge on any atom is -0.475 e. The molecular weight excluding hydrogens is 357 g/mol. The first-order valence-corrected chi connectivity index (χ1v) is 9.83. The molecule has 0 bridgehead atoms. The maximum atomic E-state index is 14.6. The second-order valence-electron chi connectivity index (χ2n) is 6.21. The summed E-state index contributed by atoms with van der Waals surface area (Å²) in [6, 6.07) is 7.00. The van der Waals surface area contributed by atoms with Gasteiger partial charge in [-0.15, -0.1) is 0 Å². The number of rotatable bonds is 6. The summed E-state index contributed by atoms with van der Waals surface area (Å²) in [5.74, 6) is 2.34. The summed E-state index contributed by atoms with van der Waals surface area (Å²) < 4.78 is 24.7. The molecule has 1 fully saturated rings. The fraction of sp³-hybridized carbons (Fsp3) is 0.444. The van der Waals surface area contributed by atoms with Gasteiger partial charge in [-0.1, -0.05) is 11.2 Å². The summed E-state index contributed by atoms with van der Waals surface area (Å²) >= 11 is 1.91. The monoisotopic (exact) mass is 377 g/mol. The van der Waals surface area contributed by atoms with Gasteiger partial charge in [-0.25, -0.2) is 4.39 Å². The molecule has 6 nitrogen and oxygen atoms in total. The average Bonchev–Trinajstić information content (AvgIpc) is 3.35. The Morgan fingerprint density at radius 3 is 2.92 bits per heavy atom. The van der Waals surface area contributed by atoms with E-state index >= 15 is 0 Å². The predicted octanol–water partition coefficient (Wildman–Crippen LogP) is 3.33. The molecule has 8 heteroatoms. The van der Waals surface area contributed by atoms with Crippen LogP contribution >= 0.6 is 11.8 Å². The van der Waals surface area contributed by atoms with E-state index in [0.29, 0.717) is 31.0 Å². The quantitative estimate of drug-likeness (QED) is 0.770. The smallest absolute Gasteiger partial charge is 0.253 e. The van der Waals surface area contributed by atoms with Crippen LogP contribution in [0.15, 0.2) is 40.2 Å². The van der Waals surface area contributed by atoms with Gasteiger partial charge in [0, 0.05) is 49.1 Å². The Labute approximate surface area is 155 Å². The number of anilines is 1. The van der Waals surface area contributed by atoms with Crippen LogP contribution in [0.5, 0.6) is 5.88 Å². The van der Waals surface area contributed by atoms with Gasteiger partial charge < -0.3 is 19.0 Å². The van der Waals surface area contributed by atoms with Crippen LogP contribution in [-0.2, 0) is 4.84 Å². The average molecular weight is 377 g/mol. The Kier molecular flexibility index (Phi) is 5.29. The number of hydrogen-bond donors (Lipinski definition) is 0. The molecule has 1 aromatic heterocycles. The molecule has 1 unspecified atom stereocenters. The van der Waals surface area contributed by atoms with Crippen molar-refractivity contribution in [2.75, 3.05) is 36.1 Å². The highest BCUT2D eigenvalue weighted by atomic mass is 32.2. The molecule has 4 rings (SSSR count). The highest BCUT2D eigenvalue weighted by molar-refractivity contribution is 7.99. The highest BCUT2D eigenvalue weighted by Gasteiger charge is 2.24. The Morgan fingerprint density at radius 1 is 1.27 bits per heavy atom. The standard InChI is InChI=1S/C18H20FN3O3S/c19-15-11-13(1-2-17(15)22-5-9-26-10-6-22)16-12-14(25-20-16)3-7-23-18-4-8-24-21-18/h1-2,4,8,11,14H,3,5-7,9-10,12H2. The molecule has 0 radical (unpaired) electrons. The van der Waals surface area contributed by atoms with Gasteiger partial charge in [-0.2, -0.15) is 11.8 Å². The van der Waals surface area contributed by atoms with E-state index in [0.717, 1.165) is 35.9 Å². The Balaban J connectivity index is 1.32. The number of benzene rings is 1. The van der Waals surface area contributed by atoms with Crippen molar-refractivity contribution in [3.63, 3.8) is 0 Å². The lowest BCUT2D eigenvalue weighted by Crippen LogP contribution is -2.33. The van der Waals surface area contributed by atoms with Crippen molar-refractivity contribution in [1.29, 1.82) is 0 Å². The molecule has 0 N–H and O–H groups in total. The molecule has 2 aliphatic heterocycles. The molecule has 0 aliphatic carbocycles. The largest absolute Gasteiger partial charge is 0.475 e. The van der Waals surface area contributed by atoms with Gasteiger partial charge >= 0.3 is 0 Å². The van der Waals surface area contributed by atoms with Crippen molar-refractivity contribution in [2.24, 2.45) is 5.16 Å². The van der Waals surface area contributed by atoms with Gasteiger partial charge in [0.2, 0.25) is 0 Å². The molecule has 0 saturated carbocycles. The predicted molar refractivity (Wildman–Crippen MR) is 98.6 cm³/mol. The third-order valence-electron chi connectivity index (χ3n) is 4.47. The van der Waals surface area contributed by atoms with Gasteiger partial charge in [0.25, 0.3) is 5.88 Å².